The first-order valence-corrected chi connectivity index (χ1v) is 8.16. The van der Waals surface area contributed by atoms with Gasteiger partial charge < -0.3 is 15.4 Å². The van der Waals surface area contributed by atoms with E-state index in [0.29, 0.717) is 13.1 Å². The van der Waals surface area contributed by atoms with E-state index in [1.165, 1.54) is 0 Å². The van der Waals surface area contributed by atoms with Gasteiger partial charge in [-0.1, -0.05) is 26.0 Å². The zero-order valence-electron chi connectivity index (χ0n) is 15.1. The zero-order chi connectivity index (χ0) is 17.0. The Morgan fingerprint density at radius 3 is 2.79 bits per heavy atom. The van der Waals surface area contributed by atoms with Gasteiger partial charge in [0.1, 0.15) is 5.75 Å². The number of likely N-dealkylation sites (tertiary alicyclic amines) is 1. The molecule has 1 atom stereocenters. The second kappa shape index (κ2) is 8.70. The topological polar surface area (TPSA) is 58.8 Å². The lowest BCUT2D eigenvalue weighted by atomic mass is 9.80. The molecule has 136 valence electrons. The van der Waals surface area contributed by atoms with Crippen molar-refractivity contribution in [1.29, 1.82) is 0 Å². The average molecular weight is 356 g/mol. The predicted molar refractivity (Wildman–Crippen MR) is 99.5 cm³/mol. The maximum atomic E-state index is 12.5. The minimum atomic E-state index is 0. The van der Waals surface area contributed by atoms with Gasteiger partial charge in [0.2, 0.25) is 5.91 Å². The first kappa shape index (κ1) is 20.7. The van der Waals surface area contributed by atoms with Crippen LogP contribution >= 0.6 is 12.4 Å². The van der Waals surface area contributed by atoms with Crippen molar-refractivity contribution in [2.24, 2.45) is 11.1 Å². The molecule has 2 N–H and O–H groups in total. The van der Waals surface area contributed by atoms with E-state index >= 15 is 0 Å². The summed E-state index contributed by atoms with van der Waals surface area (Å²) < 4.78 is 5.23. The Balaban J connectivity index is 0.00000288. The molecule has 1 aromatic rings. The summed E-state index contributed by atoms with van der Waals surface area (Å²) in [4.78, 5) is 16.5. The van der Waals surface area contributed by atoms with Crippen LogP contribution in [-0.4, -0.2) is 55.5 Å². The molecule has 1 aliphatic heterocycles. The SMILES string of the molecule is COc1cccc(CN(C)C(=O)CN2CCC(N)C(C)(C)C2)c1.Cl. The molecule has 24 heavy (non-hydrogen) atoms. The Kier molecular flexibility index (Phi) is 7.52. The van der Waals surface area contributed by atoms with Crippen molar-refractivity contribution in [3.8, 4) is 5.75 Å². The van der Waals surface area contributed by atoms with Crippen molar-refractivity contribution < 1.29 is 9.53 Å². The lowest BCUT2D eigenvalue weighted by molar-refractivity contribution is -0.132. The minimum absolute atomic E-state index is 0. The molecule has 0 spiro atoms. The van der Waals surface area contributed by atoms with Gasteiger partial charge in [0.25, 0.3) is 0 Å². The molecule has 1 aliphatic rings. The van der Waals surface area contributed by atoms with E-state index in [1.807, 2.05) is 31.3 Å². The number of piperidine rings is 1. The number of nitrogens with two attached hydrogens (primary N) is 1. The van der Waals surface area contributed by atoms with Gasteiger partial charge in [-0.15, -0.1) is 12.4 Å². The van der Waals surface area contributed by atoms with E-state index in [2.05, 4.69) is 18.7 Å². The molecule has 1 fully saturated rings. The number of carbonyl (C=O) groups excluding carboxylic acids is 1. The molecule has 2 rings (SSSR count). The van der Waals surface area contributed by atoms with Crippen molar-refractivity contribution in [2.75, 3.05) is 33.8 Å². The summed E-state index contributed by atoms with van der Waals surface area (Å²) in [6.45, 7) is 7.15. The van der Waals surface area contributed by atoms with E-state index in [-0.39, 0.29) is 29.8 Å². The molecule has 0 radical (unpaired) electrons. The molecule has 1 saturated heterocycles. The number of hydrogen-bond donors (Lipinski definition) is 1. The zero-order valence-corrected chi connectivity index (χ0v) is 15.9. The normalized spacial score (nSPS) is 20.1. The number of methoxy groups -OCH3 is 1. The van der Waals surface area contributed by atoms with Gasteiger partial charge in [-0.2, -0.15) is 0 Å². The maximum absolute atomic E-state index is 12.5. The molecule has 1 heterocycles. The van der Waals surface area contributed by atoms with Gasteiger partial charge in [0.05, 0.1) is 13.7 Å². The Hall–Kier alpha value is -1.30. The number of nitrogens with zero attached hydrogens (tertiary/aromatic N) is 2. The van der Waals surface area contributed by atoms with Crippen molar-refractivity contribution >= 4 is 18.3 Å². The third-order valence-corrected chi connectivity index (χ3v) is 4.73. The first-order valence-electron chi connectivity index (χ1n) is 8.16. The highest BCUT2D eigenvalue weighted by Gasteiger charge is 2.34. The average Bonchev–Trinajstić information content (AvgIpc) is 2.50. The largest absolute Gasteiger partial charge is 0.497 e. The monoisotopic (exact) mass is 355 g/mol. The molecule has 0 aliphatic carbocycles. The van der Waals surface area contributed by atoms with Crippen LogP contribution in [0.4, 0.5) is 0 Å². The Morgan fingerprint density at radius 1 is 1.46 bits per heavy atom. The highest BCUT2D eigenvalue weighted by atomic mass is 35.5. The summed E-state index contributed by atoms with van der Waals surface area (Å²) in [5.74, 6) is 0.953. The molecule has 0 bridgehead atoms. The maximum Gasteiger partial charge on any atom is 0.236 e. The molecule has 1 unspecified atom stereocenters. The molecule has 0 saturated carbocycles. The van der Waals surface area contributed by atoms with E-state index in [9.17, 15) is 4.79 Å². The Labute approximate surface area is 151 Å². The van der Waals surface area contributed by atoms with Crippen molar-refractivity contribution in [1.82, 2.24) is 9.80 Å². The van der Waals surface area contributed by atoms with Crippen LogP contribution in [0, 0.1) is 5.41 Å². The Morgan fingerprint density at radius 2 is 2.17 bits per heavy atom. The molecule has 0 aromatic heterocycles. The fraction of sp³-hybridized carbons (Fsp3) is 0.611. The summed E-state index contributed by atoms with van der Waals surface area (Å²) in [6, 6.07) is 8.04. The minimum Gasteiger partial charge on any atom is -0.497 e. The van der Waals surface area contributed by atoms with Crippen LogP contribution in [0.5, 0.6) is 5.75 Å². The number of benzene rings is 1. The van der Waals surface area contributed by atoms with E-state index in [0.717, 1.165) is 30.8 Å². The first-order chi connectivity index (χ1) is 10.8. The molecular formula is C18H30ClN3O2. The third kappa shape index (κ3) is 5.36. The van der Waals surface area contributed by atoms with Crippen LogP contribution in [-0.2, 0) is 11.3 Å². The summed E-state index contributed by atoms with van der Waals surface area (Å²) in [6.07, 6.45) is 0.944. The third-order valence-electron chi connectivity index (χ3n) is 4.73. The fourth-order valence-electron chi connectivity index (χ4n) is 3.06. The number of likely N-dealkylation sites (N-methyl/N-ethyl adjacent to an activating group) is 1. The van der Waals surface area contributed by atoms with E-state index < -0.39 is 0 Å². The Bertz CT molecular complexity index is 551. The van der Waals surface area contributed by atoms with Crippen LogP contribution in [0.15, 0.2) is 24.3 Å². The van der Waals surface area contributed by atoms with Crippen LogP contribution in [0.2, 0.25) is 0 Å². The van der Waals surface area contributed by atoms with Gasteiger partial charge in [0.15, 0.2) is 0 Å². The van der Waals surface area contributed by atoms with E-state index in [1.54, 1.807) is 12.0 Å². The predicted octanol–water partition coefficient (Wildman–Crippen LogP) is 2.13. The summed E-state index contributed by atoms with van der Waals surface area (Å²) in [5, 5.41) is 0. The molecule has 1 amide bonds. The number of carbonyl (C=O) groups is 1. The van der Waals surface area contributed by atoms with E-state index in [4.69, 9.17) is 10.5 Å². The quantitative estimate of drug-likeness (QED) is 0.879. The summed E-state index contributed by atoms with van der Waals surface area (Å²) >= 11 is 0. The van der Waals surface area contributed by atoms with Gasteiger partial charge in [0, 0.05) is 32.7 Å². The molecule has 5 nitrogen and oxygen atoms in total. The smallest absolute Gasteiger partial charge is 0.236 e. The number of amides is 1. The fourth-order valence-corrected chi connectivity index (χ4v) is 3.06. The van der Waals surface area contributed by atoms with Gasteiger partial charge >= 0.3 is 0 Å². The second-order valence-electron chi connectivity index (χ2n) is 7.20. The standard InChI is InChI=1S/C18H29N3O2.ClH/c1-18(2)13-21(9-8-16(18)19)12-17(22)20(3)11-14-6-5-7-15(10-14)23-4;/h5-7,10,16H,8-9,11-13,19H2,1-4H3;1H. The highest BCUT2D eigenvalue weighted by molar-refractivity contribution is 5.85. The number of rotatable bonds is 5. The van der Waals surface area contributed by atoms with Crippen molar-refractivity contribution in [2.45, 2.75) is 32.9 Å². The molecular weight excluding hydrogens is 326 g/mol. The van der Waals surface area contributed by atoms with Crippen LogP contribution < -0.4 is 10.5 Å². The molecule has 1 aromatic carbocycles. The second-order valence-corrected chi connectivity index (χ2v) is 7.20. The summed E-state index contributed by atoms with van der Waals surface area (Å²) in [7, 11) is 3.50. The van der Waals surface area contributed by atoms with Crippen molar-refractivity contribution in [3.63, 3.8) is 0 Å². The van der Waals surface area contributed by atoms with Crippen LogP contribution in [0.25, 0.3) is 0 Å². The number of halogens is 1. The highest BCUT2D eigenvalue weighted by Crippen LogP contribution is 2.27. The van der Waals surface area contributed by atoms with Gasteiger partial charge in [-0.3, -0.25) is 9.69 Å². The number of hydrogen-bond acceptors (Lipinski definition) is 4. The van der Waals surface area contributed by atoms with Gasteiger partial charge in [-0.25, -0.2) is 0 Å². The van der Waals surface area contributed by atoms with Crippen molar-refractivity contribution in [3.05, 3.63) is 29.8 Å². The van der Waals surface area contributed by atoms with Gasteiger partial charge in [-0.05, 0) is 29.5 Å². The lowest BCUT2D eigenvalue weighted by Crippen LogP contribution is -2.54. The van der Waals surface area contributed by atoms with Crippen LogP contribution in [0.1, 0.15) is 25.8 Å². The molecule has 6 heteroatoms. The van der Waals surface area contributed by atoms with Crippen LogP contribution in [0.3, 0.4) is 0 Å². The summed E-state index contributed by atoms with van der Waals surface area (Å²) in [5.41, 5.74) is 7.29. The number of ether oxygens (including phenoxy) is 1. The lowest BCUT2D eigenvalue weighted by Gasteiger charge is -2.42.